The Kier molecular flexibility index (Phi) is 4.37. The molecular formula is C20H17F2N3. The van der Waals surface area contributed by atoms with Gasteiger partial charge in [-0.05, 0) is 50.1 Å². The first kappa shape index (κ1) is 16.8. The molecule has 0 radical (unpaired) electrons. The number of nitrogens with zero attached hydrogens (tertiary/aromatic N) is 3. The summed E-state index contributed by atoms with van der Waals surface area (Å²) in [6.45, 7) is 5.94. The van der Waals surface area contributed by atoms with Crippen molar-refractivity contribution in [3.8, 4) is 17.2 Å². The zero-order valence-electron chi connectivity index (χ0n) is 14.3. The third-order valence-corrected chi connectivity index (χ3v) is 4.35. The lowest BCUT2D eigenvalue weighted by Gasteiger charge is -2.08. The SMILES string of the molecule is Cc1cc(-c2c(C)nn(Cc3ccc(F)cc3F)c2C)ccc1C#N. The van der Waals surface area contributed by atoms with Gasteiger partial charge in [0, 0.05) is 22.9 Å². The van der Waals surface area contributed by atoms with Crippen molar-refractivity contribution in [1.82, 2.24) is 9.78 Å². The quantitative estimate of drug-likeness (QED) is 0.697. The number of benzene rings is 2. The van der Waals surface area contributed by atoms with E-state index in [9.17, 15) is 8.78 Å². The third kappa shape index (κ3) is 3.16. The van der Waals surface area contributed by atoms with Crippen molar-refractivity contribution in [2.75, 3.05) is 0 Å². The average Bonchev–Trinajstić information content (AvgIpc) is 2.84. The van der Waals surface area contributed by atoms with Crippen molar-refractivity contribution in [3.05, 3.63) is 76.1 Å². The second-order valence-corrected chi connectivity index (χ2v) is 6.08. The molecule has 0 unspecified atom stereocenters. The molecular weight excluding hydrogens is 320 g/mol. The minimum Gasteiger partial charge on any atom is -0.264 e. The highest BCUT2D eigenvalue weighted by Gasteiger charge is 2.15. The van der Waals surface area contributed by atoms with Gasteiger partial charge in [-0.15, -0.1) is 0 Å². The van der Waals surface area contributed by atoms with Crippen molar-refractivity contribution in [2.24, 2.45) is 0 Å². The summed E-state index contributed by atoms with van der Waals surface area (Å²) in [7, 11) is 0. The minimum absolute atomic E-state index is 0.230. The molecule has 1 aromatic heterocycles. The monoisotopic (exact) mass is 337 g/mol. The van der Waals surface area contributed by atoms with Crippen LogP contribution < -0.4 is 0 Å². The number of aromatic nitrogens is 2. The predicted octanol–water partition coefficient (Wildman–Crippen LogP) is 4.67. The van der Waals surface area contributed by atoms with E-state index in [-0.39, 0.29) is 6.54 Å². The number of aryl methyl sites for hydroxylation is 2. The summed E-state index contributed by atoms with van der Waals surface area (Å²) in [5.41, 5.74) is 5.58. The highest BCUT2D eigenvalue weighted by molar-refractivity contribution is 5.70. The van der Waals surface area contributed by atoms with Gasteiger partial charge in [-0.25, -0.2) is 8.78 Å². The van der Waals surface area contributed by atoms with Gasteiger partial charge in [-0.1, -0.05) is 12.1 Å². The first-order valence-corrected chi connectivity index (χ1v) is 7.89. The number of halogens is 2. The van der Waals surface area contributed by atoms with Gasteiger partial charge in [-0.3, -0.25) is 4.68 Å². The van der Waals surface area contributed by atoms with Gasteiger partial charge in [0.15, 0.2) is 0 Å². The summed E-state index contributed by atoms with van der Waals surface area (Å²) in [6.07, 6.45) is 0. The van der Waals surface area contributed by atoms with Gasteiger partial charge in [-0.2, -0.15) is 10.4 Å². The average molecular weight is 337 g/mol. The molecule has 1 heterocycles. The molecule has 3 nitrogen and oxygen atoms in total. The van der Waals surface area contributed by atoms with Crippen molar-refractivity contribution in [2.45, 2.75) is 27.3 Å². The third-order valence-electron chi connectivity index (χ3n) is 4.35. The van der Waals surface area contributed by atoms with Crippen LogP contribution >= 0.6 is 0 Å². The van der Waals surface area contributed by atoms with Gasteiger partial charge in [0.05, 0.1) is 23.9 Å². The summed E-state index contributed by atoms with van der Waals surface area (Å²) < 4.78 is 28.7. The van der Waals surface area contributed by atoms with E-state index in [2.05, 4.69) is 11.2 Å². The van der Waals surface area contributed by atoms with E-state index in [0.717, 1.165) is 34.1 Å². The molecule has 0 amide bonds. The van der Waals surface area contributed by atoms with Crippen LogP contribution in [0.25, 0.3) is 11.1 Å². The lowest BCUT2D eigenvalue weighted by atomic mass is 9.99. The Balaban J connectivity index is 2.01. The summed E-state index contributed by atoms with van der Waals surface area (Å²) >= 11 is 0. The van der Waals surface area contributed by atoms with Gasteiger partial charge in [0.25, 0.3) is 0 Å². The highest BCUT2D eigenvalue weighted by Crippen LogP contribution is 2.29. The van der Waals surface area contributed by atoms with Crippen LogP contribution in [0.1, 0.15) is 28.1 Å². The Labute approximate surface area is 145 Å². The molecule has 0 atom stereocenters. The second-order valence-electron chi connectivity index (χ2n) is 6.08. The molecule has 0 spiro atoms. The maximum atomic E-state index is 13.9. The van der Waals surface area contributed by atoms with Crippen LogP contribution in [-0.2, 0) is 6.54 Å². The van der Waals surface area contributed by atoms with Crippen LogP contribution in [0.4, 0.5) is 8.78 Å². The molecule has 0 bridgehead atoms. The fourth-order valence-corrected chi connectivity index (χ4v) is 3.02. The molecule has 3 rings (SSSR count). The molecule has 0 N–H and O–H groups in total. The summed E-state index contributed by atoms with van der Waals surface area (Å²) in [5, 5.41) is 13.6. The first-order valence-electron chi connectivity index (χ1n) is 7.89. The molecule has 25 heavy (non-hydrogen) atoms. The van der Waals surface area contributed by atoms with Gasteiger partial charge in [0.2, 0.25) is 0 Å². The smallest absolute Gasteiger partial charge is 0.131 e. The normalized spacial score (nSPS) is 10.7. The predicted molar refractivity (Wildman–Crippen MR) is 92.0 cm³/mol. The second kappa shape index (κ2) is 6.48. The van der Waals surface area contributed by atoms with E-state index in [0.29, 0.717) is 11.1 Å². The van der Waals surface area contributed by atoms with Crippen LogP contribution in [-0.4, -0.2) is 9.78 Å². The summed E-state index contributed by atoms with van der Waals surface area (Å²) in [5.74, 6) is -1.17. The zero-order valence-corrected chi connectivity index (χ0v) is 14.3. The van der Waals surface area contributed by atoms with Crippen molar-refractivity contribution < 1.29 is 8.78 Å². The van der Waals surface area contributed by atoms with Gasteiger partial charge >= 0.3 is 0 Å². The minimum atomic E-state index is -0.594. The van der Waals surface area contributed by atoms with Gasteiger partial charge in [0.1, 0.15) is 11.6 Å². The van der Waals surface area contributed by atoms with E-state index < -0.39 is 11.6 Å². The molecule has 0 saturated carbocycles. The lowest BCUT2D eigenvalue weighted by Crippen LogP contribution is -2.06. The Bertz CT molecular complexity index is 997. The largest absolute Gasteiger partial charge is 0.264 e. The molecule has 0 aliphatic rings. The molecule has 0 saturated heterocycles. The van der Waals surface area contributed by atoms with E-state index in [4.69, 9.17) is 5.26 Å². The van der Waals surface area contributed by atoms with Gasteiger partial charge < -0.3 is 0 Å². The molecule has 0 aliphatic carbocycles. The molecule has 126 valence electrons. The molecule has 2 aromatic carbocycles. The van der Waals surface area contributed by atoms with Crippen LogP contribution in [0.15, 0.2) is 36.4 Å². The number of rotatable bonds is 3. The number of hydrogen-bond donors (Lipinski definition) is 0. The Hall–Kier alpha value is -3.00. The Morgan fingerprint density at radius 3 is 2.48 bits per heavy atom. The van der Waals surface area contributed by atoms with Crippen LogP contribution in [0.5, 0.6) is 0 Å². The standard InChI is InChI=1S/C20H17F2N3/c1-12-8-15(4-5-16(12)10-23)20-13(2)24-25(14(20)3)11-17-6-7-18(21)9-19(17)22/h4-9H,11H2,1-3H3. The summed E-state index contributed by atoms with van der Waals surface area (Å²) in [4.78, 5) is 0. The fourth-order valence-electron chi connectivity index (χ4n) is 3.02. The molecule has 5 heteroatoms. The van der Waals surface area contributed by atoms with Crippen LogP contribution in [0.2, 0.25) is 0 Å². The Morgan fingerprint density at radius 1 is 1.08 bits per heavy atom. The topological polar surface area (TPSA) is 41.6 Å². The lowest BCUT2D eigenvalue weighted by molar-refractivity contribution is 0.555. The van der Waals surface area contributed by atoms with Crippen LogP contribution in [0.3, 0.4) is 0 Å². The molecule has 0 aliphatic heterocycles. The number of hydrogen-bond acceptors (Lipinski definition) is 2. The number of nitriles is 1. The van der Waals surface area contributed by atoms with Crippen molar-refractivity contribution >= 4 is 0 Å². The first-order chi connectivity index (χ1) is 11.9. The maximum absolute atomic E-state index is 13.9. The zero-order chi connectivity index (χ0) is 18.1. The maximum Gasteiger partial charge on any atom is 0.131 e. The van der Waals surface area contributed by atoms with E-state index >= 15 is 0 Å². The van der Waals surface area contributed by atoms with Crippen molar-refractivity contribution in [1.29, 1.82) is 5.26 Å². The van der Waals surface area contributed by atoms with E-state index in [1.807, 2.05) is 32.9 Å². The summed E-state index contributed by atoms with van der Waals surface area (Å²) in [6, 6.07) is 11.4. The fraction of sp³-hybridized carbons (Fsp3) is 0.200. The van der Waals surface area contributed by atoms with E-state index in [1.54, 1.807) is 10.7 Å². The van der Waals surface area contributed by atoms with E-state index in [1.165, 1.54) is 12.1 Å². The highest BCUT2D eigenvalue weighted by atomic mass is 19.1. The molecule has 3 aromatic rings. The van der Waals surface area contributed by atoms with Crippen molar-refractivity contribution in [3.63, 3.8) is 0 Å². The Morgan fingerprint density at radius 2 is 1.84 bits per heavy atom. The van der Waals surface area contributed by atoms with Crippen LogP contribution in [0, 0.1) is 43.7 Å². The molecule has 0 fully saturated rings.